The van der Waals surface area contributed by atoms with Crippen LogP contribution in [0, 0.1) is 0 Å². The normalized spacial score (nSPS) is 11.3. The number of hydrogen-bond acceptors (Lipinski definition) is 4. The quantitative estimate of drug-likeness (QED) is 0.836. The molecule has 106 valence electrons. The summed E-state index contributed by atoms with van der Waals surface area (Å²) < 4.78 is 23.3. The molecule has 6 heteroatoms. The minimum atomic E-state index is -3.81. The summed E-state index contributed by atoms with van der Waals surface area (Å²) in [4.78, 5) is 1.87. The minimum Gasteiger partial charge on any atom is -0.399 e. The Bertz CT molecular complexity index is 700. The van der Waals surface area contributed by atoms with Crippen molar-refractivity contribution in [2.75, 3.05) is 17.7 Å². The molecule has 20 heavy (non-hydrogen) atoms. The van der Waals surface area contributed by atoms with Crippen LogP contribution >= 0.6 is 0 Å². The number of sulfonamides is 1. The van der Waals surface area contributed by atoms with Crippen molar-refractivity contribution < 1.29 is 8.42 Å². The molecule has 0 aliphatic heterocycles. The minimum absolute atomic E-state index is 0.0379. The van der Waals surface area contributed by atoms with Gasteiger partial charge in [0.2, 0.25) is 10.0 Å². The number of nitrogens with zero attached hydrogens (tertiary/aromatic N) is 1. The van der Waals surface area contributed by atoms with E-state index in [9.17, 15) is 8.42 Å². The SMILES string of the molecule is CN(Cc1ccccc1)c1ccc(N)cc1S(N)(=O)=O. The third kappa shape index (κ3) is 3.28. The third-order valence-corrected chi connectivity index (χ3v) is 3.90. The smallest absolute Gasteiger partial charge is 0.240 e. The molecular weight excluding hydrogens is 274 g/mol. The maximum Gasteiger partial charge on any atom is 0.240 e. The van der Waals surface area contributed by atoms with Crippen LogP contribution in [-0.2, 0) is 16.6 Å². The summed E-state index contributed by atoms with van der Waals surface area (Å²) in [6, 6.07) is 14.5. The molecule has 2 aromatic carbocycles. The maximum atomic E-state index is 11.7. The van der Waals surface area contributed by atoms with Gasteiger partial charge in [0, 0.05) is 19.3 Å². The van der Waals surface area contributed by atoms with Crippen LogP contribution in [0.1, 0.15) is 5.56 Å². The van der Waals surface area contributed by atoms with Gasteiger partial charge in [-0.25, -0.2) is 13.6 Å². The Morgan fingerprint density at radius 2 is 1.75 bits per heavy atom. The Kier molecular flexibility index (Phi) is 3.96. The van der Waals surface area contributed by atoms with Crippen LogP contribution in [0.4, 0.5) is 11.4 Å². The molecule has 0 unspecified atom stereocenters. The lowest BCUT2D eigenvalue weighted by atomic mass is 10.2. The van der Waals surface area contributed by atoms with Gasteiger partial charge >= 0.3 is 0 Å². The van der Waals surface area contributed by atoms with E-state index >= 15 is 0 Å². The van der Waals surface area contributed by atoms with E-state index in [1.165, 1.54) is 6.07 Å². The second-order valence-electron chi connectivity index (χ2n) is 4.61. The zero-order valence-electron chi connectivity index (χ0n) is 11.2. The van der Waals surface area contributed by atoms with Crippen molar-refractivity contribution in [3.63, 3.8) is 0 Å². The third-order valence-electron chi connectivity index (χ3n) is 2.96. The molecule has 0 bridgehead atoms. The molecule has 0 fully saturated rings. The number of primary sulfonamides is 1. The fourth-order valence-electron chi connectivity index (χ4n) is 2.02. The van der Waals surface area contributed by atoms with Crippen molar-refractivity contribution in [2.24, 2.45) is 5.14 Å². The lowest BCUT2D eigenvalue weighted by Crippen LogP contribution is -2.22. The maximum absolute atomic E-state index is 11.7. The fraction of sp³-hybridized carbons (Fsp3) is 0.143. The number of anilines is 2. The Morgan fingerprint density at radius 3 is 2.35 bits per heavy atom. The van der Waals surface area contributed by atoms with E-state index < -0.39 is 10.0 Å². The average molecular weight is 291 g/mol. The van der Waals surface area contributed by atoms with Gasteiger partial charge < -0.3 is 10.6 Å². The second kappa shape index (κ2) is 5.52. The number of hydrogen-bond donors (Lipinski definition) is 2. The molecule has 0 spiro atoms. The van der Waals surface area contributed by atoms with Gasteiger partial charge in [0.1, 0.15) is 4.90 Å². The van der Waals surface area contributed by atoms with Gasteiger partial charge in [-0.05, 0) is 23.8 Å². The highest BCUT2D eigenvalue weighted by atomic mass is 32.2. The van der Waals surface area contributed by atoms with E-state index in [0.29, 0.717) is 17.9 Å². The summed E-state index contributed by atoms with van der Waals surface area (Å²) in [5, 5.41) is 5.25. The van der Waals surface area contributed by atoms with E-state index in [0.717, 1.165) is 5.56 Å². The lowest BCUT2D eigenvalue weighted by Gasteiger charge is -2.22. The number of rotatable bonds is 4. The second-order valence-corrected chi connectivity index (χ2v) is 6.14. The molecule has 0 radical (unpaired) electrons. The van der Waals surface area contributed by atoms with Crippen molar-refractivity contribution >= 4 is 21.4 Å². The summed E-state index contributed by atoms with van der Waals surface area (Å²) in [7, 11) is -2.00. The molecule has 0 amide bonds. The Hall–Kier alpha value is -2.05. The predicted molar refractivity (Wildman–Crippen MR) is 80.8 cm³/mol. The zero-order valence-corrected chi connectivity index (χ0v) is 12.0. The van der Waals surface area contributed by atoms with Gasteiger partial charge in [0.05, 0.1) is 5.69 Å². The van der Waals surface area contributed by atoms with E-state index in [-0.39, 0.29) is 4.90 Å². The summed E-state index contributed by atoms with van der Waals surface area (Å²) in [5.41, 5.74) is 7.61. The summed E-state index contributed by atoms with van der Waals surface area (Å²) in [5.74, 6) is 0. The summed E-state index contributed by atoms with van der Waals surface area (Å²) >= 11 is 0. The van der Waals surface area contributed by atoms with Crippen LogP contribution in [0.15, 0.2) is 53.4 Å². The van der Waals surface area contributed by atoms with E-state index in [4.69, 9.17) is 10.9 Å². The molecule has 2 aromatic rings. The topological polar surface area (TPSA) is 89.4 Å². The molecule has 0 saturated carbocycles. The van der Waals surface area contributed by atoms with E-state index in [1.54, 1.807) is 12.1 Å². The number of benzene rings is 2. The van der Waals surface area contributed by atoms with Crippen LogP contribution in [0.2, 0.25) is 0 Å². The molecule has 5 nitrogen and oxygen atoms in total. The number of nitrogen functional groups attached to an aromatic ring is 1. The van der Waals surface area contributed by atoms with Gasteiger partial charge in [0.25, 0.3) is 0 Å². The van der Waals surface area contributed by atoms with Gasteiger partial charge in [0.15, 0.2) is 0 Å². The molecule has 2 rings (SSSR count). The van der Waals surface area contributed by atoms with Crippen molar-refractivity contribution in [3.8, 4) is 0 Å². The predicted octanol–water partition coefficient (Wildman–Crippen LogP) is 1.55. The van der Waals surface area contributed by atoms with Crippen molar-refractivity contribution in [2.45, 2.75) is 11.4 Å². The van der Waals surface area contributed by atoms with Crippen LogP contribution in [0.3, 0.4) is 0 Å². The summed E-state index contributed by atoms with van der Waals surface area (Å²) in [6.07, 6.45) is 0. The van der Waals surface area contributed by atoms with Gasteiger partial charge in [-0.1, -0.05) is 30.3 Å². The molecule has 0 aromatic heterocycles. The van der Waals surface area contributed by atoms with Gasteiger partial charge in [-0.2, -0.15) is 0 Å². The first-order valence-corrected chi connectivity index (χ1v) is 7.60. The largest absolute Gasteiger partial charge is 0.399 e. The van der Waals surface area contributed by atoms with Crippen molar-refractivity contribution in [3.05, 3.63) is 54.1 Å². The Labute approximate surface area is 118 Å². The van der Waals surface area contributed by atoms with Crippen molar-refractivity contribution in [1.82, 2.24) is 0 Å². The standard InChI is InChI=1S/C14H17N3O2S/c1-17(10-11-5-3-2-4-6-11)13-8-7-12(15)9-14(13)20(16,18)19/h2-9H,10,15H2,1H3,(H2,16,18,19). The van der Waals surface area contributed by atoms with E-state index in [2.05, 4.69) is 0 Å². The molecule has 0 saturated heterocycles. The monoisotopic (exact) mass is 291 g/mol. The molecular formula is C14H17N3O2S. The fourth-order valence-corrected chi connectivity index (χ4v) is 2.83. The van der Waals surface area contributed by atoms with E-state index in [1.807, 2.05) is 42.3 Å². The van der Waals surface area contributed by atoms with Crippen LogP contribution < -0.4 is 15.8 Å². The highest BCUT2D eigenvalue weighted by Crippen LogP contribution is 2.26. The van der Waals surface area contributed by atoms with Crippen LogP contribution in [0.25, 0.3) is 0 Å². The summed E-state index contributed by atoms with van der Waals surface area (Å²) in [6.45, 7) is 0.577. The molecule has 0 atom stereocenters. The van der Waals surface area contributed by atoms with Crippen LogP contribution in [-0.4, -0.2) is 15.5 Å². The number of nitrogens with two attached hydrogens (primary N) is 2. The first-order valence-electron chi connectivity index (χ1n) is 6.05. The van der Waals surface area contributed by atoms with Gasteiger partial charge in [-0.3, -0.25) is 0 Å². The van der Waals surface area contributed by atoms with Gasteiger partial charge in [-0.15, -0.1) is 0 Å². The molecule has 0 aliphatic carbocycles. The molecule has 0 heterocycles. The van der Waals surface area contributed by atoms with Crippen molar-refractivity contribution in [1.29, 1.82) is 0 Å². The first-order chi connectivity index (χ1) is 9.38. The average Bonchev–Trinajstić information content (AvgIpc) is 2.38. The zero-order chi connectivity index (χ0) is 14.8. The Morgan fingerprint density at radius 1 is 1.10 bits per heavy atom. The molecule has 4 N–H and O–H groups in total. The van der Waals surface area contributed by atoms with Crippen LogP contribution in [0.5, 0.6) is 0 Å². The molecule has 0 aliphatic rings. The first kappa shape index (κ1) is 14.4. The lowest BCUT2D eigenvalue weighted by molar-refractivity contribution is 0.597. The highest BCUT2D eigenvalue weighted by Gasteiger charge is 2.17. The Balaban J connectivity index is 2.37. The highest BCUT2D eigenvalue weighted by molar-refractivity contribution is 7.89.